The van der Waals surface area contributed by atoms with Crippen molar-refractivity contribution in [2.75, 3.05) is 19.1 Å². The molecule has 0 N–H and O–H groups in total. The topological polar surface area (TPSA) is 52.6 Å². The maximum Gasteiger partial charge on any atom is 0.534 e. The summed E-state index contributed by atoms with van der Waals surface area (Å²) < 4.78 is 69.4. The minimum atomic E-state index is -5.72. The molecule has 0 spiro atoms. The smallest absolute Gasteiger partial charge is 0.493 e. The van der Waals surface area contributed by atoms with Crippen molar-refractivity contribution in [2.45, 2.75) is 16.0 Å². The maximum absolute atomic E-state index is 12.6. The standard InChI is InChI=1S/C12H13F3O4S3/c1-20-11(21-2)6-7-18-8-4-3-5-9(10(8)11)19-22(16,17)12(13,14)15/h3-5H,6-7H2,1-2H3. The number of fused-ring (bicyclic) bond motifs is 1. The van der Waals surface area contributed by atoms with Gasteiger partial charge in [0.15, 0.2) is 5.75 Å². The molecule has 0 bridgehead atoms. The number of hydrogen-bond donors (Lipinski definition) is 0. The fourth-order valence-corrected chi connectivity index (χ4v) is 4.68. The van der Waals surface area contributed by atoms with E-state index in [-0.39, 0.29) is 5.75 Å². The molecule has 1 aromatic rings. The Hall–Kier alpha value is -0.740. The number of halogens is 3. The van der Waals surface area contributed by atoms with E-state index in [1.807, 2.05) is 0 Å². The van der Waals surface area contributed by atoms with Crippen molar-refractivity contribution in [1.29, 1.82) is 0 Å². The SMILES string of the molecule is CSC1(SC)CCOc2cccc(OS(=O)(=O)C(F)(F)F)c21. The van der Waals surface area contributed by atoms with E-state index in [4.69, 9.17) is 4.74 Å². The molecule has 1 heterocycles. The van der Waals surface area contributed by atoms with Crippen LogP contribution >= 0.6 is 23.5 Å². The highest BCUT2D eigenvalue weighted by Gasteiger charge is 2.50. The molecule has 0 aromatic heterocycles. The molecule has 1 aliphatic heterocycles. The van der Waals surface area contributed by atoms with Crippen molar-refractivity contribution in [1.82, 2.24) is 0 Å². The Morgan fingerprint density at radius 3 is 2.45 bits per heavy atom. The van der Waals surface area contributed by atoms with Crippen LogP contribution in [0.15, 0.2) is 18.2 Å². The molecule has 0 atom stereocenters. The van der Waals surface area contributed by atoms with Crippen molar-refractivity contribution < 1.29 is 30.5 Å². The lowest BCUT2D eigenvalue weighted by molar-refractivity contribution is -0.0500. The number of hydrogen-bond acceptors (Lipinski definition) is 6. The van der Waals surface area contributed by atoms with Gasteiger partial charge in [-0.25, -0.2) is 0 Å². The van der Waals surface area contributed by atoms with Crippen LogP contribution in [0.4, 0.5) is 13.2 Å². The second-order valence-corrected chi connectivity index (χ2v) is 8.38. The van der Waals surface area contributed by atoms with E-state index < -0.39 is 19.7 Å². The fraction of sp³-hybridized carbons (Fsp3) is 0.500. The van der Waals surface area contributed by atoms with Crippen LogP contribution in [-0.2, 0) is 14.2 Å². The van der Waals surface area contributed by atoms with Gasteiger partial charge in [-0.3, -0.25) is 0 Å². The zero-order chi connectivity index (χ0) is 16.6. The van der Waals surface area contributed by atoms with E-state index in [2.05, 4.69) is 4.18 Å². The first-order chi connectivity index (χ1) is 10.2. The first kappa shape index (κ1) is 17.6. The highest BCUT2D eigenvalue weighted by atomic mass is 32.2. The van der Waals surface area contributed by atoms with E-state index in [9.17, 15) is 21.6 Å². The van der Waals surface area contributed by atoms with E-state index in [1.165, 1.54) is 35.7 Å². The van der Waals surface area contributed by atoms with Gasteiger partial charge >= 0.3 is 15.6 Å². The second kappa shape index (κ2) is 6.04. The number of alkyl halides is 3. The Morgan fingerprint density at radius 1 is 1.27 bits per heavy atom. The average Bonchev–Trinajstić information content (AvgIpc) is 2.45. The van der Waals surface area contributed by atoms with E-state index in [0.717, 1.165) is 0 Å². The molecule has 2 rings (SSSR count). The van der Waals surface area contributed by atoms with Gasteiger partial charge in [0.1, 0.15) is 5.75 Å². The minimum absolute atomic E-state index is 0.328. The summed E-state index contributed by atoms with van der Waals surface area (Å²) in [5.41, 5.74) is -5.15. The van der Waals surface area contributed by atoms with Crippen LogP contribution in [0.25, 0.3) is 0 Å². The third-order valence-electron chi connectivity index (χ3n) is 3.20. The van der Waals surface area contributed by atoms with Crippen molar-refractivity contribution in [3.63, 3.8) is 0 Å². The third-order valence-corrected chi connectivity index (χ3v) is 7.30. The molecule has 0 radical (unpaired) electrons. The summed E-state index contributed by atoms with van der Waals surface area (Å²) in [7, 11) is -5.72. The van der Waals surface area contributed by atoms with Crippen molar-refractivity contribution in [3.05, 3.63) is 23.8 Å². The van der Waals surface area contributed by atoms with Gasteiger partial charge in [-0.2, -0.15) is 21.6 Å². The quantitative estimate of drug-likeness (QED) is 0.456. The maximum atomic E-state index is 12.6. The summed E-state index contributed by atoms with van der Waals surface area (Å²) in [6, 6.07) is 4.19. The van der Waals surface area contributed by atoms with Gasteiger partial charge in [0.2, 0.25) is 0 Å². The van der Waals surface area contributed by atoms with Crippen LogP contribution in [0.3, 0.4) is 0 Å². The third kappa shape index (κ3) is 3.00. The monoisotopic (exact) mass is 374 g/mol. The first-order valence-corrected chi connectivity index (χ1v) is 9.90. The first-order valence-electron chi connectivity index (χ1n) is 6.04. The number of benzene rings is 1. The molecule has 4 nitrogen and oxygen atoms in total. The van der Waals surface area contributed by atoms with Crippen LogP contribution in [-0.4, -0.2) is 33.0 Å². The molecule has 1 aliphatic rings. The van der Waals surface area contributed by atoms with Crippen molar-refractivity contribution in [3.8, 4) is 11.5 Å². The summed E-state index contributed by atoms with van der Waals surface area (Å²) in [5, 5.41) is 0. The van der Waals surface area contributed by atoms with Gasteiger partial charge in [-0.15, -0.1) is 23.5 Å². The Bertz CT molecular complexity index is 654. The van der Waals surface area contributed by atoms with Crippen LogP contribution in [0, 0.1) is 0 Å². The Kier molecular flexibility index (Phi) is 4.84. The molecule has 22 heavy (non-hydrogen) atoms. The van der Waals surface area contributed by atoms with Gasteiger partial charge in [-0.1, -0.05) is 6.07 Å². The van der Waals surface area contributed by atoms with E-state index in [1.54, 1.807) is 18.6 Å². The average molecular weight is 374 g/mol. The van der Waals surface area contributed by atoms with E-state index >= 15 is 0 Å². The lowest BCUT2D eigenvalue weighted by atomic mass is 10.0. The van der Waals surface area contributed by atoms with Crippen molar-refractivity contribution >= 4 is 33.6 Å². The van der Waals surface area contributed by atoms with Crippen LogP contribution in [0.2, 0.25) is 0 Å². The number of thioether (sulfide) groups is 2. The summed E-state index contributed by atoms with van der Waals surface area (Å²) in [6.45, 7) is 0.393. The summed E-state index contributed by atoms with van der Waals surface area (Å²) >= 11 is 2.82. The van der Waals surface area contributed by atoms with Gasteiger partial charge in [0, 0.05) is 6.42 Å². The zero-order valence-corrected chi connectivity index (χ0v) is 14.1. The van der Waals surface area contributed by atoms with Crippen LogP contribution < -0.4 is 8.92 Å². The summed E-state index contributed by atoms with van der Waals surface area (Å²) in [5.74, 6) is -0.0111. The molecule has 0 fully saturated rings. The predicted molar refractivity (Wildman–Crippen MR) is 80.9 cm³/mol. The molecule has 124 valence electrons. The summed E-state index contributed by atoms with van der Waals surface area (Å²) in [6.07, 6.45) is 4.13. The van der Waals surface area contributed by atoms with Gasteiger partial charge in [0.05, 0.1) is 16.2 Å². The van der Waals surface area contributed by atoms with Gasteiger partial charge < -0.3 is 8.92 Å². The normalized spacial score (nSPS) is 17.5. The molecule has 10 heteroatoms. The van der Waals surface area contributed by atoms with Crippen LogP contribution in [0.5, 0.6) is 11.5 Å². The van der Waals surface area contributed by atoms with Crippen LogP contribution in [0.1, 0.15) is 12.0 Å². The molecular formula is C12H13F3O4S3. The summed E-state index contributed by atoms with van der Waals surface area (Å²) in [4.78, 5) is 0. The van der Waals surface area contributed by atoms with E-state index in [0.29, 0.717) is 24.3 Å². The molecule has 0 saturated carbocycles. The number of rotatable bonds is 4. The van der Waals surface area contributed by atoms with Crippen molar-refractivity contribution in [2.24, 2.45) is 0 Å². The molecule has 0 amide bonds. The largest absolute Gasteiger partial charge is 0.534 e. The lowest BCUT2D eigenvalue weighted by Gasteiger charge is -2.37. The molecule has 0 saturated heterocycles. The Balaban J connectivity index is 2.57. The minimum Gasteiger partial charge on any atom is -0.493 e. The second-order valence-electron chi connectivity index (χ2n) is 4.37. The van der Waals surface area contributed by atoms with Gasteiger partial charge in [-0.05, 0) is 24.6 Å². The molecular weight excluding hydrogens is 361 g/mol. The predicted octanol–water partition coefficient (Wildman–Crippen LogP) is 3.58. The highest BCUT2D eigenvalue weighted by molar-refractivity contribution is 8.16. The molecule has 0 aliphatic carbocycles. The lowest BCUT2D eigenvalue weighted by Crippen LogP contribution is -2.31. The van der Waals surface area contributed by atoms with Gasteiger partial charge in [0.25, 0.3) is 0 Å². The molecule has 0 unspecified atom stereocenters. The number of ether oxygens (including phenoxy) is 1. The Labute approximate surface area is 134 Å². The fourth-order valence-electron chi connectivity index (χ4n) is 2.15. The molecule has 1 aromatic carbocycles. The highest BCUT2D eigenvalue weighted by Crippen LogP contribution is 2.56. The Morgan fingerprint density at radius 2 is 1.91 bits per heavy atom. The zero-order valence-electron chi connectivity index (χ0n) is 11.6.